The molecule has 0 atom stereocenters. The lowest BCUT2D eigenvalue weighted by Gasteiger charge is -1.89. The second kappa shape index (κ2) is 4.67. The fraction of sp³-hybridized carbons (Fsp3) is 0. The van der Waals surface area contributed by atoms with E-state index in [1.807, 2.05) is 24.4 Å². The standard InChI is InChI=1S/C8H7N.C5H4N4/c1-2-4-8-7(3-1)5-6-9-8;1-2-6-5-3-7-9-8-4(1)5/h1-6,9H;1-3H,(H,7,8). The molecule has 2 N–H and O–H groups in total. The van der Waals surface area contributed by atoms with Crippen LogP contribution in [0.4, 0.5) is 0 Å². The Bertz CT molecular complexity index is 654. The number of aromatic amines is 2. The first-order chi connectivity index (χ1) is 8.93. The molecule has 0 fully saturated rings. The third-order valence-corrected chi connectivity index (χ3v) is 2.60. The Hall–Kier alpha value is -2.69. The number of H-pyrrole nitrogens is 2. The summed E-state index contributed by atoms with van der Waals surface area (Å²) in [6.45, 7) is 0. The molecule has 0 unspecified atom stereocenters. The molecule has 88 valence electrons. The van der Waals surface area contributed by atoms with Crippen LogP contribution in [-0.4, -0.2) is 25.4 Å². The van der Waals surface area contributed by atoms with E-state index in [1.54, 1.807) is 12.4 Å². The zero-order valence-electron chi connectivity index (χ0n) is 9.54. The van der Waals surface area contributed by atoms with E-state index in [1.165, 1.54) is 10.9 Å². The molecule has 0 aliphatic carbocycles. The van der Waals surface area contributed by atoms with E-state index in [4.69, 9.17) is 0 Å². The van der Waals surface area contributed by atoms with Crippen LogP contribution < -0.4 is 0 Å². The van der Waals surface area contributed by atoms with E-state index in [0.29, 0.717) is 0 Å². The molecule has 0 saturated carbocycles. The largest absolute Gasteiger partial charge is 0.361 e. The maximum atomic E-state index is 3.98. The SMILES string of the molecule is c1cc2[nH]nncc-2n1.c1ccc2[nH]ccc2c1. The van der Waals surface area contributed by atoms with Gasteiger partial charge in [-0.15, -0.1) is 5.10 Å². The summed E-state index contributed by atoms with van der Waals surface area (Å²) in [5, 5.41) is 11.2. The molecule has 0 radical (unpaired) electrons. The minimum Gasteiger partial charge on any atom is -0.361 e. The fourth-order valence-corrected chi connectivity index (χ4v) is 1.71. The first-order valence-corrected chi connectivity index (χ1v) is 5.56. The van der Waals surface area contributed by atoms with Crippen LogP contribution in [0.5, 0.6) is 0 Å². The summed E-state index contributed by atoms with van der Waals surface area (Å²) >= 11 is 0. The number of benzene rings is 1. The Morgan fingerprint density at radius 2 is 1.94 bits per heavy atom. The third kappa shape index (κ3) is 2.06. The van der Waals surface area contributed by atoms with Crippen molar-refractivity contribution in [1.82, 2.24) is 25.4 Å². The molecule has 2 aromatic rings. The van der Waals surface area contributed by atoms with Gasteiger partial charge in [-0.1, -0.05) is 23.4 Å². The number of rotatable bonds is 0. The van der Waals surface area contributed by atoms with Gasteiger partial charge in [0.05, 0.1) is 11.9 Å². The van der Waals surface area contributed by atoms with E-state index in [9.17, 15) is 0 Å². The van der Waals surface area contributed by atoms with Crippen LogP contribution in [-0.2, 0) is 0 Å². The fourth-order valence-electron chi connectivity index (χ4n) is 1.71. The van der Waals surface area contributed by atoms with Crippen LogP contribution in [0.1, 0.15) is 0 Å². The number of hydrogen-bond acceptors (Lipinski definition) is 3. The van der Waals surface area contributed by atoms with Gasteiger partial charge in [0.25, 0.3) is 0 Å². The van der Waals surface area contributed by atoms with Gasteiger partial charge in [-0.3, -0.25) is 10.1 Å². The van der Waals surface area contributed by atoms with E-state index < -0.39 is 0 Å². The number of nitrogens with zero attached hydrogens (tertiary/aromatic N) is 3. The molecule has 0 spiro atoms. The van der Waals surface area contributed by atoms with Gasteiger partial charge in [0.15, 0.2) is 0 Å². The highest BCUT2D eigenvalue weighted by atomic mass is 15.3. The lowest BCUT2D eigenvalue weighted by atomic mass is 10.3. The van der Waals surface area contributed by atoms with Gasteiger partial charge in [-0.05, 0) is 23.6 Å². The van der Waals surface area contributed by atoms with Gasteiger partial charge in [0.1, 0.15) is 5.69 Å². The van der Waals surface area contributed by atoms with Crippen LogP contribution >= 0.6 is 0 Å². The summed E-state index contributed by atoms with van der Waals surface area (Å²) in [6, 6.07) is 12.1. The highest BCUT2D eigenvalue weighted by Crippen LogP contribution is 2.11. The average molecular weight is 237 g/mol. The maximum Gasteiger partial charge on any atom is 0.108 e. The normalized spacial score (nSPS) is 10.2. The Morgan fingerprint density at radius 1 is 1.00 bits per heavy atom. The molecule has 2 aliphatic rings. The Kier molecular flexibility index (Phi) is 2.71. The first kappa shape index (κ1) is 10.5. The molecule has 1 aromatic carbocycles. The summed E-state index contributed by atoms with van der Waals surface area (Å²) in [7, 11) is 0. The summed E-state index contributed by atoms with van der Waals surface area (Å²) in [6.07, 6.45) is 5.28. The molecule has 0 amide bonds. The lowest BCUT2D eigenvalue weighted by Crippen LogP contribution is -1.88. The van der Waals surface area contributed by atoms with Gasteiger partial charge in [-0.25, -0.2) is 0 Å². The number of para-hydroxylation sites is 1. The van der Waals surface area contributed by atoms with Crippen molar-refractivity contribution in [2.45, 2.75) is 0 Å². The summed E-state index contributed by atoms with van der Waals surface area (Å²) in [5.74, 6) is 0. The van der Waals surface area contributed by atoms with E-state index in [-0.39, 0.29) is 0 Å². The Labute approximate surface area is 103 Å². The highest BCUT2D eigenvalue weighted by Gasteiger charge is 2.00. The van der Waals surface area contributed by atoms with Gasteiger partial charge < -0.3 is 4.98 Å². The van der Waals surface area contributed by atoms with E-state index in [2.05, 4.69) is 43.6 Å². The minimum atomic E-state index is 0.852. The predicted octanol–water partition coefficient (Wildman–Crippen LogP) is 2.47. The van der Waals surface area contributed by atoms with Gasteiger partial charge >= 0.3 is 0 Å². The topological polar surface area (TPSA) is 70.2 Å². The Balaban J connectivity index is 0.000000111. The molecular weight excluding hydrogens is 226 g/mol. The van der Waals surface area contributed by atoms with Crippen LogP contribution in [0.15, 0.2) is 55.0 Å². The quantitative estimate of drug-likeness (QED) is 0.493. The molecular formula is C13H11N5. The molecule has 5 heteroatoms. The summed E-state index contributed by atoms with van der Waals surface area (Å²) < 4.78 is 0. The van der Waals surface area contributed by atoms with Crippen molar-refractivity contribution in [2.24, 2.45) is 0 Å². The second-order valence-corrected chi connectivity index (χ2v) is 3.77. The summed E-state index contributed by atoms with van der Waals surface area (Å²) in [4.78, 5) is 7.10. The van der Waals surface area contributed by atoms with E-state index >= 15 is 0 Å². The molecule has 4 rings (SSSR count). The predicted molar refractivity (Wildman–Crippen MR) is 69.1 cm³/mol. The molecule has 0 saturated heterocycles. The van der Waals surface area contributed by atoms with Crippen LogP contribution in [0, 0.1) is 0 Å². The van der Waals surface area contributed by atoms with Crippen LogP contribution in [0.25, 0.3) is 22.3 Å². The average Bonchev–Trinajstić information content (AvgIpc) is 3.08. The smallest absolute Gasteiger partial charge is 0.108 e. The molecule has 2 aliphatic heterocycles. The van der Waals surface area contributed by atoms with Crippen LogP contribution in [0.3, 0.4) is 0 Å². The van der Waals surface area contributed by atoms with Gasteiger partial charge in [0, 0.05) is 17.9 Å². The number of hydrogen-bond donors (Lipinski definition) is 2. The molecule has 3 heterocycles. The Morgan fingerprint density at radius 3 is 2.83 bits per heavy atom. The van der Waals surface area contributed by atoms with Crippen molar-refractivity contribution in [3.8, 4) is 11.4 Å². The molecule has 5 nitrogen and oxygen atoms in total. The maximum absolute atomic E-state index is 3.98. The van der Waals surface area contributed by atoms with Crippen molar-refractivity contribution in [1.29, 1.82) is 0 Å². The zero-order chi connectivity index (χ0) is 12.2. The molecule has 1 aromatic heterocycles. The number of fused-ring (bicyclic) bond motifs is 2. The monoisotopic (exact) mass is 237 g/mol. The van der Waals surface area contributed by atoms with Crippen molar-refractivity contribution in [3.63, 3.8) is 0 Å². The van der Waals surface area contributed by atoms with Gasteiger partial charge in [-0.2, -0.15) is 0 Å². The lowest BCUT2D eigenvalue weighted by molar-refractivity contribution is 0.867. The summed E-state index contributed by atoms with van der Waals surface area (Å²) in [5.41, 5.74) is 2.98. The third-order valence-electron chi connectivity index (χ3n) is 2.60. The highest BCUT2D eigenvalue weighted by molar-refractivity contribution is 5.78. The minimum absolute atomic E-state index is 0.852. The van der Waals surface area contributed by atoms with Crippen LogP contribution in [0.2, 0.25) is 0 Å². The second-order valence-electron chi connectivity index (χ2n) is 3.77. The van der Waals surface area contributed by atoms with Crippen molar-refractivity contribution in [2.75, 3.05) is 0 Å². The first-order valence-electron chi connectivity index (χ1n) is 5.56. The van der Waals surface area contributed by atoms with Crippen molar-refractivity contribution < 1.29 is 0 Å². The molecule has 18 heavy (non-hydrogen) atoms. The van der Waals surface area contributed by atoms with Crippen molar-refractivity contribution >= 4 is 10.9 Å². The van der Waals surface area contributed by atoms with Gasteiger partial charge in [0.2, 0.25) is 0 Å². The van der Waals surface area contributed by atoms with Crippen molar-refractivity contribution in [3.05, 3.63) is 55.0 Å². The zero-order valence-corrected chi connectivity index (χ0v) is 9.54. The van der Waals surface area contributed by atoms with E-state index in [0.717, 1.165) is 11.4 Å². The number of nitrogens with one attached hydrogen (secondary N) is 2. The number of aromatic nitrogens is 5. The molecule has 0 bridgehead atoms.